The van der Waals surface area contributed by atoms with E-state index in [0.717, 1.165) is 12.8 Å². The molecule has 1 aromatic heterocycles. The van der Waals surface area contributed by atoms with E-state index < -0.39 is 0 Å². The van der Waals surface area contributed by atoms with Crippen LogP contribution in [0.3, 0.4) is 0 Å². The molecule has 1 amide bonds. The Bertz CT molecular complexity index is 473. The highest BCUT2D eigenvalue weighted by molar-refractivity contribution is 5.93. The molecule has 21 heavy (non-hydrogen) atoms. The van der Waals surface area contributed by atoms with Gasteiger partial charge in [-0.25, -0.2) is 9.97 Å². The molecule has 0 spiro atoms. The molecular formula is C16H26N4O. The van der Waals surface area contributed by atoms with Crippen LogP contribution in [0.5, 0.6) is 0 Å². The number of carbonyl (C=O) groups is 1. The average Bonchev–Trinajstić information content (AvgIpc) is 2.65. The molecule has 2 rings (SSSR count). The SMILES string of the molecule is CC(C)(C)Nc1cc(C(=O)NC2CCCCCC2)ncn1. The van der Waals surface area contributed by atoms with Gasteiger partial charge in [-0.1, -0.05) is 25.7 Å². The van der Waals surface area contributed by atoms with Crippen molar-refractivity contribution in [1.82, 2.24) is 15.3 Å². The lowest BCUT2D eigenvalue weighted by Gasteiger charge is -2.21. The maximum atomic E-state index is 12.3. The number of carbonyl (C=O) groups excluding carboxylic acids is 1. The lowest BCUT2D eigenvalue weighted by Crippen LogP contribution is -2.35. The zero-order valence-electron chi connectivity index (χ0n) is 13.3. The quantitative estimate of drug-likeness (QED) is 0.839. The molecule has 1 aliphatic carbocycles. The lowest BCUT2D eigenvalue weighted by molar-refractivity contribution is 0.0928. The topological polar surface area (TPSA) is 66.9 Å². The zero-order valence-corrected chi connectivity index (χ0v) is 13.3. The van der Waals surface area contributed by atoms with Crippen molar-refractivity contribution in [2.24, 2.45) is 0 Å². The Labute approximate surface area is 127 Å². The minimum Gasteiger partial charge on any atom is -0.365 e. The van der Waals surface area contributed by atoms with Gasteiger partial charge < -0.3 is 10.6 Å². The number of aromatic nitrogens is 2. The first-order chi connectivity index (χ1) is 9.94. The smallest absolute Gasteiger partial charge is 0.270 e. The first-order valence-electron chi connectivity index (χ1n) is 7.85. The van der Waals surface area contributed by atoms with Gasteiger partial charge in [0.25, 0.3) is 5.91 Å². The van der Waals surface area contributed by atoms with E-state index in [0.29, 0.717) is 11.5 Å². The summed E-state index contributed by atoms with van der Waals surface area (Å²) in [6.45, 7) is 6.17. The highest BCUT2D eigenvalue weighted by Crippen LogP contribution is 2.18. The predicted molar refractivity (Wildman–Crippen MR) is 84.4 cm³/mol. The fourth-order valence-corrected chi connectivity index (χ4v) is 2.62. The fourth-order valence-electron chi connectivity index (χ4n) is 2.62. The first kappa shape index (κ1) is 15.7. The predicted octanol–water partition coefficient (Wildman–Crippen LogP) is 3.14. The van der Waals surface area contributed by atoms with Crippen LogP contribution in [0.25, 0.3) is 0 Å². The number of hydrogen-bond acceptors (Lipinski definition) is 4. The standard InChI is InChI=1S/C16H26N4O/c1-16(2,3)20-14-10-13(17-11-18-14)15(21)19-12-8-6-4-5-7-9-12/h10-12H,4-9H2,1-3H3,(H,19,21)(H,17,18,20). The van der Waals surface area contributed by atoms with Crippen LogP contribution >= 0.6 is 0 Å². The number of amides is 1. The van der Waals surface area contributed by atoms with Crippen molar-refractivity contribution >= 4 is 11.7 Å². The molecule has 0 unspecified atom stereocenters. The third kappa shape index (κ3) is 5.33. The summed E-state index contributed by atoms with van der Waals surface area (Å²) in [4.78, 5) is 20.6. The van der Waals surface area contributed by atoms with E-state index >= 15 is 0 Å². The van der Waals surface area contributed by atoms with Gasteiger partial charge in [-0.2, -0.15) is 0 Å². The van der Waals surface area contributed by atoms with Gasteiger partial charge in [0.1, 0.15) is 17.8 Å². The summed E-state index contributed by atoms with van der Waals surface area (Å²) in [5.74, 6) is 0.588. The van der Waals surface area contributed by atoms with E-state index in [-0.39, 0.29) is 17.5 Å². The third-order valence-corrected chi connectivity index (χ3v) is 3.59. The van der Waals surface area contributed by atoms with E-state index in [1.807, 2.05) is 0 Å². The van der Waals surface area contributed by atoms with Crippen LogP contribution < -0.4 is 10.6 Å². The van der Waals surface area contributed by atoms with Gasteiger partial charge >= 0.3 is 0 Å². The maximum absolute atomic E-state index is 12.3. The molecule has 5 nitrogen and oxygen atoms in total. The number of anilines is 1. The molecule has 116 valence electrons. The Morgan fingerprint density at radius 3 is 2.43 bits per heavy atom. The van der Waals surface area contributed by atoms with Crippen molar-refractivity contribution < 1.29 is 4.79 Å². The van der Waals surface area contributed by atoms with Gasteiger partial charge in [0, 0.05) is 17.6 Å². The highest BCUT2D eigenvalue weighted by atomic mass is 16.1. The first-order valence-corrected chi connectivity index (χ1v) is 7.85. The van der Waals surface area contributed by atoms with Gasteiger partial charge in [0.2, 0.25) is 0 Å². The van der Waals surface area contributed by atoms with E-state index in [2.05, 4.69) is 41.4 Å². The normalized spacial score (nSPS) is 17.1. The molecule has 1 fully saturated rings. The second-order valence-electron chi connectivity index (χ2n) is 6.83. The summed E-state index contributed by atoms with van der Waals surface area (Å²) in [5.41, 5.74) is 0.338. The Hall–Kier alpha value is -1.65. The monoisotopic (exact) mass is 290 g/mol. The van der Waals surface area contributed by atoms with Crippen LogP contribution in [0.1, 0.15) is 69.8 Å². The van der Waals surface area contributed by atoms with Crippen LogP contribution in [0, 0.1) is 0 Å². The molecule has 1 heterocycles. The molecule has 1 aromatic rings. The van der Waals surface area contributed by atoms with Crippen LogP contribution in [0.2, 0.25) is 0 Å². The van der Waals surface area contributed by atoms with Crippen molar-refractivity contribution in [1.29, 1.82) is 0 Å². The maximum Gasteiger partial charge on any atom is 0.270 e. The average molecular weight is 290 g/mol. The summed E-state index contributed by atoms with van der Waals surface area (Å²) >= 11 is 0. The molecule has 0 bridgehead atoms. The summed E-state index contributed by atoms with van der Waals surface area (Å²) < 4.78 is 0. The van der Waals surface area contributed by atoms with E-state index in [4.69, 9.17) is 0 Å². The summed E-state index contributed by atoms with van der Waals surface area (Å²) in [5, 5.41) is 6.37. The van der Waals surface area contributed by atoms with Crippen LogP contribution in [-0.4, -0.2) is 27.5 Å². The van der Waals surface area contributed by atoms with Gasteiger partial charge in [-0.05, 0) is 33.6 Å². The van der Waals surface area contributed by atoms with Crippen LogP contribution in [-0.2, 0) is 0 Å². The summed E-state index contributed by atoms with van der Waals surface area (Å²) in [6.07, 6.45) is 8.54. The van der Waals surface area contributed by atoms with E-state index in [1.165, 1.54) is 32.0 Å². The summed E-state index contributed by atoms with van der Waals surface area (Å²) in [7, 11) is 0. The molecule has 0 saturated heterocycles. The van der Waals surface area contributed by atoms with Crippen molar-refractivity contribution in [2.45, 2.75) is 70.9 Å². The zero-order chi connectivity index (χ0) is 15.3. The van der Waals surface area contributed by atoms with Crippen molar-refractivity contribution in [3.05, 3.63) is 18.1 Å². The number of nitrogens with one attached hydrogen (secondary N) is 2. The summed E-state index contributed by atoms with van der Waals surface area (Å²) in [6, 6.07) is 2.01. The third-order valence-electron chi connectivity index (χ3n) is 3.59. The minimum atomic E-state index is -0.0961. The second-order valence-corrected chi connectivity index (χ2v) is 6.83. The van der Waals surface area contributed by atoms with Crippen molar-refractivity contribution in [3.63, 3.8) is 0 Å². The van der Waals surface area contributed by atoms with Crippen LogP contribution in [0.15, 0.2) is 12.4 Å². The van der Waals surface area contributed by atoms with E-state index in [1.54, 1.807) is 6.07 Å². The number of nitrogens with zero attached hydrogens (tertiary/aromatic N) is 2. The van der Waals surface area contributed by atoms with Gasteiger partial charge in [-0.15, -0.1) is 0 Å². The Morgan fingerprint density at radius 2 is 1.81 bits per heavy atom. The lowest BCUT2D eigenvalue weighted by atomic mass is 10.1. The molecule has 1 saturated carbocycles. The highest BCUT2D eigenvalue weighted by Gasteiger charge is 2.18. The van der Waals surface area contributed by atoms with Gasteiger partial charge in [0.05, 0.1) is 0 Å². The van der Waals surface area contributed by atoms with Crippen molar-refractivity contribution in [2.75, 3.05) is 5.32 Å². The molecule has 1 aliphatic rings. The molecule has 0 aliphatic heterocycles. The fraction of sp³-hybridized carbons (Fsp3) is 0.688. The number of rotatable bonds is 3. The Kier molecular flexibility index (Phi) is 5.15. The largest absolute Gasteiger partial charge is 0.365 e. The minimum absolute atomic E-state index is 0.0939. The number of hydrogen-bond donors (Lipinski definition) is 2. The van der Waals surface area contributed by atoms with E-state index in [9.17, 15) is 4.79 Å². The van der Waals surface area contributed by atoms with Crippen LogP contribution in [0.4, 0.5) is 5.82 Å². The van der Waals surface area contributed by atoms with Crippen molar-refractivity contribution in [3.8, 4) is 0 Å². The Morgan fingerprint density at radius 1 is 1.14 bits per heavy atom. The molecule has 0 radical (unpaired) electrons. The molecule has 0 atom stereocenters. The molecule has 5 heteroatoms. The molecule has 0 aromatic carbocycles. The van der Waals surface area contributed by atoms with Gasteiger partial charge in [-0.3, -0.25) is 4.79 Å². The van der Waals surface area contributed by atoms with Gasteiger partial charge in [0.15, 0.2) is 0 Å². The molecule has 2 N–H and O–H groups in total. The molecular weight excluding hydrogens is 264 g/mol. The Balaban J connectivity index is 2.00. The second kappa shape index (κ2) is 6.87.